The largest absolute Gasteiger partial charge is 0.407 e. The van der Waals surface area contributed by atoms with Crippen LogP contribution in [0.3, 0.4) is 0 Å². The minimum Gasteiger partial charge on any atom is -0.407 e. The Bertz CT molecular complexity index is 828. The molecule has 3 atom stereocenters. The Morgan fingerprint density at radius 3 is 1.91 bits per heavy atom. The molecule has 2 aromatic rings. The first-order valence-electron chi connectivity index (χ1n) is 12.8. The van der Waals surface area contributed by atoms with Gasteiger partial charge in [-0.2, -0.15) is 0 Å². The Balaban J connectivity index is 1.93. The highest BCUT2D eigenvalue weighted by atomic mass is 28.4. The number of allylic oxidation sites excluding steroid dienone is 1. The molecular formula is C30H44O2Si. The van der Waals surface area contributed by atoms with Gasteiger partial charge in [-0.05, 0) is 52.4 Å². The first-order valence-corrected chi connectivity index (χ1v) is 14.7. The van der Waals surface area contributed by atoms with Crippen LogP contribution >= 0.6 is 0 Å². The van der Waals surface area contributed by atoms with Gasteiger partial charge in [0.1, 0.15) is 0 Å². The summed E-state index contributed by atoms with van der Waals surface area (Å²) in [6, 6.07) is 21.7. The fraction of sp³-hybridized carbons (Fsp3) is 0.533. The molecule has 2 aromatic carbocycles. The summed E-state index contributed by atoms with van der Waals surface area (Å²) in [6.45, 7) is 16.4. The molecule has 3 heteroatoms. The third kappa shape index (κ3) is 5.70. The maximum Gasteiger partial charge on any atom is 0.261 e. The van der Waals surface area contributed by atoms with Crippen LogP contribution in [0.25, 0.3) is 0 Å². The summed E-state index contributed by atoms with van der Waals surface area (Å²) >= 11 is 0. The van der Waals surface area contributed by atoms with Gasteiger partial charge in [0, 0.05) is 6.61 Å². The lowest BCUT2D eigenvalue weighted by Crippen LogP contribution is -2.67. The molecule has 0 heterocycles. The van der Waals surface area contributed by atoms with E-state index >= 15 is 0 Å². The summed E-state index contributed by atoms with van der Waals surface area (Å²) in [5.41, 5.74) is 1.26. The minimum atomic E-state index is -2.56. The van der Waals surface area contributed by atoms with E-state index in [0.717, 1.165) is 32.1 Å². The van der Waals surface area contributed by atoms with Gasteiger partial charge in [0.05, 0.1) is 6.10 Å². The summed E-state index contributed by atoms with van der Waals surface area (Å²) in [5.74, 6) is 1.16. The standard InChI is InChI=1S/C30H44O2Si/c1-7-24(8-2)21-29(31)28-20-23(3)19-25(28)22-32-33(30(4,5)6,26-15-11-9-12-16-26)27-17-13-10-14-18-27/h9-18,24-25,28-29,31H,3,7-8,19-22H2,1-2,4-6H3/t25-,28+,29+/m0/s1. The van der Waals surface area contributed by atoms with Gasteiger partial charge in [0.15, 0.2) is 0 Å². The summed E-state index contributed by atoms with van der Waals surface area (Å²) in [6.07, 6.45) is 4.76. The van der Waals surface area contributed by atoms with E-state index in [2.05, 4.69) is 102 Å². The molecule has 1 saturated carbocycles. The third-order valence-corrected chi connectivity index (χ3v) is 12.8. The molecule has 0 spiro atoms. The molecule has 0 saturated heterocycles. The maximum absolute atomic E-state index is 11.2. The van der Waals surface area contributed by atoms with Crippen molar-refractivity contribution < 1.29 is 9.53 Å². The lowest BCUT2D eigenvalue weighted by Gasteiger charge is -2.44. The Labute approximate surface area is 203 Å². The van der Waals surface area contributed by atoms with Crippen molar-refractivity contribution in [2.75, 3.05) is 6.61 Å². The fourth-order valence-corrected chi connectivity index (χ4v) is 10.5. The van der Waals surface area contributed by atoms with E-state index in [1.54, 1.807) is 0 Å². The van der Waals surface area contributed by atoms with Gasteiger partial charge >= 0.3 is 0 Å². The van der Waals surface area contributed by atoms with Crippen molar-refractivity contribution in [2.24, 2.45) is 17.8 Å². The Morgan fingerprint density at radius 1 is 0.939 bits per heavy atom. The van der Waals surface area contributed by atoms with Crippen molar-refractivity contribution in [2.45, 2.75) is 77.9 Å². The van der Waals surface area contributed by atoms with Gasteiger partial charge < -0.3 is 9.53 Å². The van der Waals surface area contributed by atoms with Gasteiger partial charge in [-0.15, -0.1) is 0 Å². The molecule has 0 bridgehead atoms. The van der Waals surface area contributed by atoms with Crippen LogP contribution in [0.1, 0.15) is 66.7 Å². The monoisotopic (exact) mass is 464 g/mol. The van der Waals surface area contributed by atoms with E-state index in [1.165, 1.54) is 15.9 Å². The number of benzene rings is 2. The second kappa shape index (κ2) is 11.2. The quantitative estimate of drug-likeness (QED) is 0.329. The molecule has 0 aliphatic heterocycles. The SMILES string of the molecule is C=C1C[C@@H](CO[Si](c2ccccc2)(c2ccccc2)C(C)(C)C)[C@H]([C@H](O)CC(CC)CC)C1. The predicted molar refractivity (Wildman–Crippen MR) is 144 cm³/mol. The molecular weight excluding hydrogens is 420 g/mol. The summed E-state index contributed by atoms with van der Waals surface area (Å²) in [7, 11) is -2.56. The minimum absolute atomic E-state index is 0.0328. The van der Waals surface area contributed by atoms with E-state index in [1.807, 2.05) is 0 Å². The van der Waals surface area contributed by atoms with Crippen LogP contribution in [-0.2, 0) is 4.43 Å². The maximum atomic E-state index is 11.2. The Morgan fingerprint density at radius 2 is 1.45 bits per heavy atom. The molecule has 0 unspecified atom stereocenters. The van der Waals surface area contributed by atoms with Crippen molar-refractivity contribution in [1.82, 2.24) is 0 Å². The molecule has 1 aliphatic carbocycles. The van der Waals surface area contributed by atoms with E-state index in [9.17, 15) is 5.11 Å². The van der Waals surface area contributed by atoms with Gasteiger partial charge in [-0.3, -0.25) is 0 Å². The normalized spacial score (nSPS) is 20.4. The molecule has 2 nitrogen and oxygen atoms in total. The van der Waals surface area contributed by atoms with Crippen LogP contribution < -0.4 is 10.4 Å². The Hall–Kier alpha value is -1.68. The van der Waals surface area contributed by atoms with Crippen LogP contribution in [0.15, 0.2) is 72.8 Å². The topological polar surface area (TPSA) is 29.5 Å². The lowest BCUT2D eigenvalue weighted by atomic mass is 9.84. The van der Waals surface area contributed by atoms with Crippen molar-refractivity contribution in [3.05, 3.63) is 72.8 Å². The van der Waals surface area contributed by atoms with Crippen molar-refractivity contribution in [1.29, 1.82) is 0 Å². The highest BCUT2D eigenvalue weighted by molar-refractivity contribution is 6.99. The van der Waals surface area contributed by atoms with Crippen molar-refractivity contribution >= 4 is 18.7 Å². The number of aliphatic hydroxyl groups is 1. The van der Waals surface area contributed by atoms with Gasteiger partial charge in [0.2, 0.25) is 0 Å². The van der Waals surface area contributed by atoms with E-state index in [0.29, 0.717) is 18.4 Å². The molecule has 1 aliphatic rings. The number of rotatable bonds is 10. The second-order valence-electron chi connectivity index (χ2n) is 11.0. The van der Waals surface area contributed by atoms with Crippen LogP contribution in [-0.4, -0.2) is 26.1 Å². The smallest absolute Gasteiger partial charge is 0.261 e. The zero-order valence-electron chi connectivity index (χ0n) is 21.4. The summed E-state index contributed by atoms with van der Waals surface area (Å²) in [4.78, 5) is 0. The van der Waals surface area contributed by atoms with Gasteiger partial charge in [0.25, 0.3) is 8.32 Å². The molecule has 0 amide bonds. The highest BCUT2D eigenvalue weighted by Crippen LogP contribution is 2.42. The molecule has 0 radical (unpaired) electrons. The number of hydrogen-bond acceptors (Lipinski definition) is 2. The van der Waals surface area contributed by atoms with Crippen LogP contribution in [0.4, 0.5) is 0 Å². The van der Waals surface area contributed by atoms with Crippen molar-refractivity contribution in [3.63, 3.8) is 0 Å². The van der Waals surface area contributed by atoms with Gasteiger partial charge in [-0.25, -0.2) is 0 Å². The van der Waals surface area contributed by atoms with Crippen LogP contribution in [0, 0.1) is 17.8 Å². The van der Waals surface area contributed by atoms with E-state index in [-0.39, 0.29) is 17.1 Å². The van der Waals surface area contributed by atoms with Crippen LogP contribution in [0.2, 0.25) is 5.04 Å². The first-order chi connectivity index (χ1) is 15.7. The summed E-state index contributed by atoms with van der Waals surface area (Å²) in [5, 5.41) is 13.8. The van der Waals surface area contributed by atoms with E-state index < -0.39 is 8.32 Å². The summed E-state index contributed by atoms with van der Waals surface area (Å²) < 4.78 is 7.22. The average Bonchev–Trinajstić information content (AvgIpc) is 3.19. The Kier molecular flexibility index (Phi) is 8.77. The van der Waals surface area contributed by atoms with Gasteiger partial charge in [-0.1, -0.05) is 120 Å². The predicted octanol–water partition coefficient (Wildman–Crippen LogP) is 6.33. The van der Waals surface area contributed by atoms with Crippen molar-refractivity contribution in [3.8, 4) is 0 Å². The molecule has 0 aromatic heterocycles. The average molecular weight is 465 g/mol. The highest BCUT2D eigenvalue weighted by Gasteiger charge is 2.51. The molecule has 1 fully saturated rings. The fourth-order valence-electron chi connectivity index (χ4n) is 5.87. The van der Waals surface area contributed by atoms with Crippen LogP contribution in [0.5, 0.6) is 0 Å². The number of hydrogen-bond donors (Lipinski definition) is 1. The third-order valence-electron chi connectivity index (χ3n) is 7.84. The molecule has 180 valence electrons. The molecule has 3 rings (SSSR count). The first kappa shape index (κ1) is 25.9. The second-order valence-corrected chi connectivity index (χ2v) is 15.3. The number of aliphatic hydroxyl groups excluding tert-OH is 1. The zero-order valence-corrected chi connectivity index (χ0v) is 22.4. The van der Waals surface area contributed by atoms with E-state index in [4.69, 9.17) is 4.43 Å². The zero-order chi connectivity index (χ0) is 24.1. The molecule has 33 heavy (non-hydrogen) atoms. The lowest BCUT2D eigenvalue weighted by molar-refractivity contribution is 0.0471. The molecule has 1 N–H and O–H groups in total.